The molecule has 3 aromatic rings. The van der Waals surface area contributed by atoms with E-state index in [0.29, 0.717) is 18.2 Å². The van der Waals surface area contributed by atoms with Crippen LogP contribution in [0.3, 0.4) is 0 Å². The van der Waals surface area contributed by atoms with Crippen molar-refractivity contribution >= 4 is 15.9 Å². The number of hydrogen-bond donors (Lipinski definition) is 2. The van der Waals surface area contributed by atoms with E-state index in [4.69, 9.17) is 14.2 Å². The number of carbonyl (C=O) groups excluding carboxylic acids is 1. The third-order valence-corrected chi connectivity index (χ3v) is 8.79. The van der Waals surface area contributed by atoms with Gasteiger partial charge < -0.3 is 18.9 Å². The van der Waals surface area contributed by atoms with E-state index >= 15 is 0 Å². The Morgan fingerprint density at radius 1 is 0.911 bits per heavy atom. The summed E-state index contributed by atoms with van der Waals surface area (Å²) in [4.78, 5) is 12.0. The number of benzene rings is 3. The summed E-state index contributed by atoms with van der Waals surface area (Å²) in [5.41, 5.74) is -0.776. The molecule has 4 rings (SSSR count). The molecule has 1 saturated heterocycles. The van der Waals surface area contributed by atoms with Crippen LogP contribution in [-0.4, -0.2) is 63.6 Å². The van der Waals surface area contributed by atoms with Crippen LogP contribution in [-0.2, 0) is 16.2 Å². The Labute approximate surface area is 253 Å². The van der Waals surface area contributed by atoms with E-state index in [9.17, 15) is 44.8 Å². The Morgan fingerprint density at radius 2 is 1.53 bits per heavy atom. The fourth-order valence-electron chi connectivity index (χ4n) is 4.84. The molecule has 244 valence electrons. The van der Waals surface area contributed by atoms with Gasteiger partial charge in [0.25, 0.3) is 5.91 Å². The Morgan fingerprint density at radius 3 is 2.07 bits per heavy atom. The van der Waals surface area contributed by atoms with Crippen molar-refractivity contribution in [2.24, 2.45) is 0 Å². The molecule has 0 saturated carbocycles. The van der Waals surface area contributed by atoms with E-state index in [2.05, 4.69) is 4.74 Å². The van der Waals surface area contributed by atoms with E-state index in [-0.39, 0.29) is 48.7 Å². The molecule has 3 aromatic carbocycles. The Hall–Kier alpha value is -4.22. The van der Waals surface area contributed by atoms with Crippen LogP contribution < -0.4 is 24.4 Å². The van der Waals surface area contributed by atoms with Crippen molar-refractivity contribution in [3.05, 3.63) is 65.7 Å². The largest absolute Gasteiger partial charge is 0.573 e. The molecular formula is C28H26F6N2O8S. The number of methoxy groups -OCH3 is 2. The Kier molecular flexibility index (Phi) is 9.74. The first-order valence-corrected chi connectivity index (χ1v) is 14.5. The fraction of sp³-hybridized carbons (Fsp3) is 0.321. The van der Waals surface area contributed by atoms with Crippen LogP contribution in [0.1, 0.15) is 28.8 Å². The maximum absolute atomic E-state index is 13.6. The van der Waals surface area contributed by atoms with Crippen LogP contribution in [0.4, 0.5) is 26.3 Å². The van der Waals surface area contributed by atoms with E-state index < -0.39 is 61.9 Å². The summed E-state index contributed by atoms with van der Waals surface area (Å²) >= 11 is 0. The van der Waals surface area contributed by atoms with Crippen molar-refractivity contribution in [1.29, 1.82) is 0 Å². The summed E-state index contributed by atoms with van der Waals surface area (Å²) in [6.07, 6.45) is -10.0. The lowest BCUT2D eigenvalue weighted by molar-refractivity contribution is -0.274. The summed E-state index contributed by atoms with van der Waals surface area (Å²) in [6, 6.07) is 9.39. The number of amides is 1. The summed E-state index contributed by atoms with van der Waals surface area (Å²) in [7, 11) is -1.78. The molecule has 0 spiro atoms. The first-order chi connectivity index (χ1) is 21.1. The van der Waals surface area contributed by atoms with E-state index in [1.807, 2.05) is 0 Å². The van der Waals surface area contributed by atoms with Gasteiger partial charge >= 0.3 is 12.5 Å². The minimum Gasteiger partial charge on any atom is -0.493 e. The molecule has 0 radical (unpaired) electrons. The molecule has 1 amide bonds. The summed E-state index contributed by atoms with van der Waals surface area (Å²) in [5, 5.41) is 9.21. The number of hydroxylamine groups is 1. The monoisotopic (exact) mass is 664 g/mol. The lowest BCUT2D eigenvalue weighted by Gasteiger charge is -2.32. The molecular weight excluding hydrogens is 638 g/mol. The molecule has 0 aromatic heterocycles. The van der Waals surface area contributed by atoms with Gasteiger partial charge in [0.2, 0.25) is 10.0 Å². The highest BCUT2D eigenvalue weighted by molar-refractivity contribution is 7.89. The van der Waals surface area contributed by atoms with Gasteiger partial charge in [-0.05, 0) is 66.4 Å². The maximum atomic E-state index is 13.6. The van der Waals surface area contributed by atoms with Gasteiger partial charge in [-0.15, -0.1) is 13.2 Å². The highest BCUT2D eigenvalue weighted by atomic mass is 32.2. The van der Waals surface area contributed by atoms with Gasteiger partial charge in [-0.25, -0.2) is 13.9 Å². The average Bonchev–Trinajstić information content (AvgIpc) is 2.99. The second-order valence-electron chi connectivity index (χ2n) is 9.61. The van der Waals surface area contributed by atoms with Gasteiger partial charge in [0, 0.05) is 13.1 Å². The van der Waals surface area contributed by atoms with Crippen molar-refractivity contribution in [2.45, 2.75) is 36.4 Å². The SMILES string of the molecule is COc1ccc(S(=O)(=O)N2CCC(Oc3ccc(-c4cc(OC(F)(F)F)ccc4C(F)(F)F)cc3)CC2)c(C(=O)NO)c1OC. The number of ether oxygens (including phenoxy) is 4. The number of sulfonamides is 1. The highest BCUT2D eigenvalue weighted by Crippen LogP contribution is 2.41. The van der Waals surface area contributed by atoms with Crippen molar-refractivity contribution in [2.75, 3.05) is 27.3 Å². The molecule has 1 heterocycles. The van der Waals surface area contributed by atoms with Crippen molar-refractivity contribution < 1.29 is 63.7 Å². The number of piperidine rings is 1. The molecule has 0 bridgehead atoms. The predicted octanol–water partition coefficient (Wildman–Crippen LogP) is 5.64. The Bertz CT molecular complexity index is 1640. The topological polar surface area (TPSA) is 124 Å². The third kappa shape index (κ3) is 7.54. The molecule has 2 N–H and O–H groups in total. The quantitative estimate of drug-likeness (QED) is 0.171. The normalized spacial score (nSPS) is 15.0. The lowest BCUT2D eigenvalue weighted by atomic mass is 9.98. The molecule has 17 heteroatoms. The van der Waals surface area contributed by atoms with Crippen LogP contribution in [0.15, 0.2) is 59.5 Å². The van der Waals surface area contributed by atoms with Crippen LogP contribution in [0.25, 0.3) is 11.1 Å². The molecule has 1 aliphatic heterocycles. The van der Waals surface area contributed by atoms with E-state index in [1.165, 1.54) is 50.0 Å². The van der Waals surface area contributed by atoms with Crippen LogP contribution >= 0.6 is 0 Å². The Balaban J connectivity index is 1.49. The van der Waals surface area contributed by atoms with Gasteiger partial charge in [0.15, 0.2) is 11.5 Å². The number of alkyl halides is 6. The molecule has 45 heavy (non-hydrogen) atoms. The number of nitrogens with zero attached hydrogens (tertiary/aromatic N) is 1. The molecule has 1 fully saturated rings. The smallest absolute Gasteiger partial charge is 0.493 e. The van der Waals surface area contributed by atoms with Gasteiger partial charge in [0.1, 0.15) is 23.2 Å². The number of carbonyl (C=O) groups is 1. The third-order valence-electron chi connectivity index (χ3n) is 6.85. The van der Waals surface area contributed by atoms with Crippen LogP contribution in [0, 0.1) is 0 Å². The molecule has 0 unspecified atom stereocenters. The zero-order chi connectivity index (χ0) is 33.2. The maximum Gasteiger partial charge on any atom is 0.573 e. The summed E-state index contributed by atoms with van der Waals surface area (Å²) < 4.78 is 127. The van der Waals surface area contributed by atoms with E-state index in [0.717, 1.165) is 10.4 Å². The zero-order valence-corrected chi connectivity index (χ0v) is 24.3. The van der Waals surface area contributed by atoms with Crippen molar-refractivity contribution in [1.82, 2.24) is 9.79 Å². The van der Waals surface area contributed by atoms with Crippen molar-refractivity contribution in [3.63, 3.8) is 0 Å². The van der Waals surface area contributed by atoms with Gasteiger partial charge in [-0.2, -0.15) is 17.5 Å². The summed E-state index contributed by atoms with van der Waals surface area (Å²) in [6.45, 7) is -0.0545. The highest BCUT2D eigenvalue weighted by Gasteiger charge is 2.37. The fourth-order valence-corrected chi connectivity index (χ4v) is 6.49. The standard InChI is InChI=1S/C28H26F6N2O8S/c1-41-22-9-10-23(24(25(22)42-2)26(37)35-38)45(39,40)36-13-11-18(12-14-36)43-17-5-3-16(4-6-17)20-15-19(44-28(32,33)34)7-8-21(20)27(29,30)31/h3-10,15,18,38H,11-14H2,1-2H3,(H,35,37). The molecule has 10 nitrogen and oxygen atoms in total. The number of nitrogens with one attached hydrogen (secondary N) is 1. The zero-order valence-electron chi connectivity index (χ0n) is 23.5. The van der Waals surface area contributed by atoms with Crippen LogP contribution in [0.2, 0.25) is 0 Å². The lowest BCUT2D eigenvalue weighted by Crippen LogP contribution is -2.42. The number of halogens is 6. The average molecular weight is 665 g/mol. The second-order valence-corrected chi connectivity index (χ2v) is 11.5. The first-order valence-electron chi connectivity index (χ1n) is 13.0. The van der Waals surface area contributed by atoms with Gasteiger partial charge in [0.05, 0.1) is 24.7 Å². The summed E-state index contributed by atoms with van der Waals surface area (Å²) in [5.74, 6) is -1.85. The minimum absolute atomic E-state index is 0.0272. The van der Waals surface area contributed by atoms with Gasteiger partial charge in [-0.3, -0.25) is 10.0 Å². The first kappa shape index (κ1) is 33.7. The van der Waals surface area contributed by atoms with Crippen LogP contribution in [0.5, 0.6) is 23.0 Å². The van der Waals surface area contributed by atoms with Gasteiger partial charge in [-0.1, -0.05) is 12.1 Å². The number of rotatable bonds is 9. The molecule has 0 atom stereocenters. The predicted molar refractivity (Wildman–Crippen MR) is 145 cm³/mol. The minimum atomic E-state index is -5.10. The van der Waals surface area contributed by atoms with E-state index in [1.54, 1.807) is 0 Å². The number of hydrogen-bond acceptors (Lipinski definition) is 8. The van der Waals surface area contributed by atoms with Crippen molar-refractivity contribution in [3.8, 4) is 34.1 Å². The molecule has 0 aliphatic carbocycles. The second kappa shape index (κ2) is 13.0. The molecule has 1 aliphatic rings.